The van der Waals surface area contributed by atoms with Crippen molar-refractivity contribution in [2.45, 2.75) is 31.6 Å². The normalized spacial score (nSPS) is 13.3. The third-order valence-corrected chi connectivity index (χ3v) is 4.73. The Kier molecular flexibility index (Phi) is 5.74. The van der Waals surface area contributed by atoms with E-state index >= 15 is 0 Å². The molecule has 8 heteroatoms. The number of ether oxygens (including phenoxy) is 2. The summed E-state index contributed by atoms with van der Waals surface area (Å²) in [6, 6.07) is 6.82. The lowest BCUT2D eigenvalue weighted by atomic mass is 10.2. The van der Waals surface area contributed by atoms with Crippen LogP contribution in [0.2, 0.25) is 5.02 Å². The Labute approximate surface area is 161 Å². The first-order chi connectivity index (χ1) is 12.6. The predicted molar refractivity (Wildman–Crippen MR) is 99.9 cm³/mol. The Balaban J connectivity index is 2.04. The summed E-state index contributed by atoms with van der Waals surface area (Å²) in [5, 5.41) is 13.8. The Bertz CT molecular complexity index is 871. The number of halogens is 1. The summed E-state index contributed by atoms with van der Waals surface area (Å²) in [6.07, 6.45) is 4.04. The summed E-state index contributed by atoms with van der Waals surface area (Å²) in [6.45, 7) is 2.01. The monoisotopic (exact) mass is 391 g/mol. The first-order valence-corrected chi connectivity index (χ1v) is 10.0. The van der Waals surface area contributed by atoms with E-state index in [-0.39, 0.29) is 12.3 Å². The van der Waals surface area contributed by atoms with Crippen LogP contribution in [-0.4, -0.2) is 28.6 Å². The molecule has 0 spiro atoms. The number of carbonyl (C=O) groups is 1. The van der Waals surface area contributed by atoms with Crippen LogP contribution >= 0.6 is 23.4 Å². The predicted octanol–water partition coefficient (Wildman–Crippen LogP) is 4.58. The molecule has 0 bridgehead atoms. The van der Waals surface area contributed by atoms with Gasteiger partial charge in [0, 0.05) is 12.0 Å². The van der Waals surface area contributed by atoms with Gasteiger partial charge in [-0.2, -0.15) is 10.4 Å². The topological polar surface area (TPSA) is 77.1 Å². The van der Waals surface area contributed by atoms with E-state index in [0.717, 1.165) is 18.5 Å². The fourth-order valence-electron chi connectivity index (χ4n) is 2.63. The minimum atomic E-state index is -0.510. The van der Waals surface area contributed by atoms with E-state index in [0.29, 0.717) is 33.9 Å². The van der Waals surface area contributed by atoms with E-state index in [1.54, 1.807) is 36.9 Å². The van der Waals surface area contributed by atoms with Crippen molar-refractivity contribution in [1.82, 2.24) is 9.78 Å². The highest BCUT2D eigenvalue weighted by molar-refractivity contribution is 7.97. The first-order valence-electron chi connectivity index (χ1n) is 8.23. The van der Waals surface area contributed by atoms with E-state index in [2.05, 4.69) is 5.10 Å². The number of esters is 1. The summed E-state index contributed by atoms with van der Waals surface area (Å²) in [5.74, 6) is 1.30. The zero-order chi connectivity index (χ0) is 18.7. The number of nitriles is 1. The average molecular weight is 392 g/mol. The maximum atomic E-state index is 12.4. The number of carbonyl (C=O) groups excluding carboxylic acids is 1. The molecule has 136 valence electrons. The Morgan fingerprint density at radius 2 is 2.27 bits per heavy atom. The van der Waals surface area contributed by atoms with Crippen molar-refractivity contribution < 1.29 is 14.3 Å². The summed E-state index contributed by atoms with van der Waals surface area (Å²) in [5.41, 5.74) is 1.44. The standard InChI is InChI=1S/C18H18ClN3O3S/c1-3-24-18(23)15-17(16(11-4-5-11)22(21-15)10-26-2)25-13-7-6-12(9-20)14(19)8-13/h6-8,11H,3-5,10H2,1-2H3. The van der Waals surface area contributed by atoms with Crippen LogP contribution in [0.1, 0.15) is 47.4 Å². The molecule has 1 aromatic carbocycles. The largest absolute Gasteiger partial charge is 0.461 e. The van der Waals surface area contributed by atoms with Gasteiger partial charge in [-0.05, 0) is 38.2 Å². The molecular weight excluding hydrogens is 374 g/mol. The van der Waals surface area contributed by atoms with Gasteiger partial charge in [0.05, 0.1) is 28.8 Å². The van der Waals surface area contributed by atoms with Gasteiger partial charge in [-0.3, -0.25) is 4.68 Å². The fourth-order valence-corrected chi connectivity index (χ4v) is 3.29. The van der Waals surface area contributed by atoms with Gasteiger partial charge < -0.3 is 9.47 Å². The maximum Gasteiger partial charge on any atom is 0.362 e. The second-order valence-electron chi connectivity index (χ2n) is 5.83. The number of benzene rings is 1. The van der Waals surface area contributed by atoms with E-state index < -0.39 is 5.97 Å². The van der Waals surface area contributed by atoms with Gasteiger partial charge in [-0.15, -0.1) is 11.8 Å². The van der Waals surface area contributed by atoms with E-state index in [1.165, 1.54) is 0 Å². The molecule has 0 saturated heterocycles. The lowest BCUT2D eigenvalue weighted by Crippen LogP contribution is -2.08. The molecule has 1 heterocycles. The fraction of sp³-hybridized carbons (Fsp3) is 0.389. The molecule has 6 nitrogen and oxygen atoms in total. The highest BCUT2D eigenvalue weighted by Gasteiger charge is 2.36. The molecule has 1 aliphatic carbocycles. The van der Waals surface area contributed by atoms with Crippen molar-refractivity contribution >= 4 is 29.3 Å². The highest BCUT2D eigenvalue weighted by Crippen LogP contribution is 2.47. The molecule has 0 aliphatic heterocycles. The SMILES string of the molecule is CCOC(=O)c1nn(CSC)c(C2CC2)c1Oc1ccc(C#N)c(Cl)c1. The molecule has 0 amide bonds. The van der Waals surface area contributed by atoms with Gasteiger partial charge in [-0.1, -0.05) is 11.6 Å². The van der Waals surface area contributed by atoms with E-state index in [9.17, 15) is 4.79 Å². The second-order valence-corrected chi connectivity index (χ2v) is 7.07. The third-order valence-electron chi connectivity index (χ3n) is 3.91. The molecule has 2 aromatic rings. The van der Waals surface area contributed by atoms with Gasteiger partial charge in [-0.25, -0.2) is 4.79 Å². The number of aromatic nitrogens is 2. The molecule has 0 N–H and O–H groups in total. The summed E-state index contributed by atoms with van der Waals surface area (Å²) >= 11 is 7.71. The zero-order valence-electron chi connectivity index (χ0n) is 14.5. The van der Waals surface area contributed by atoms with Crippen molar-refractivity contribution in [3.63, 3.8) is 0 Å². The van der Waals surface area contributed by atoms with Crippen molar-refractivity contribution in [1.29, 1.82) is 5.26 Å². The number of rotatable bonds is 7. The number of hydrogen-bond donors (Lipinski definition) is 0. The molecule has 0 unspecified atom stereocenters. The molecule has 0 atom stereocenters. The Morgan fingerprint density at radius 3 is 2.85 bits per heavy atom. The Morgan fingerprint density at radius 1 is 1.50 bits per heavy atom. The molecular formula is C18H18ClN3O3S. The molecule has 3 rings (SSSR count). The lowest BCUT2D eigenvalue weighted by molar-refractivity contribution is 0.0516. The van der Waals surface area contributed by atoms with Gasteiger partial charge in [0.1, 0.15) is 11.8 Å². The van der Waals surface area contributed by atoms with E-state index in [1.807, 2.05) is 17.0 Å². The van der Waals surface area contributed by atoms with Crippen molar-refractivity contribution in [2.24, 2.45) is 0 Å². The van der Waals surface area contributed by atoms with Crippen LogP contribution in [0.5, 0.6) is 11.5 Å². The second kappa shape index (κ2) is 8.02. The molecule has 26 heavy (non-hydrogen) atoms. The summed E-state index contributed by atoms with van der Waals surface area (Å²) < 4.78 is 13.0. The van der Waals surface area contributed by atoms with Crippen LogP contribution in [0.25, 0.3) is 0 Å². The average Bonchev–Trinajstić information content (AvgIpc) is 3.39. The third kappa shape index (κ3) is 3.81. The van der Waals surface area contributed by atoms with Crippen LogP contribution < -0.4 is 4.74 Å². The molecule has 1 fully saturated rings. The molecule has 1 saturated carbocycles. The number of thioether (sulfide) groups is 1. The zero-order valence-corrected chi connectivity index (χ0v) is 16.1. The van der Waals surface area contributed by atoms with Gasteiger partial charge >= 0.3 is 5.97 Å². The molecule has 1 aromatic heterocycles. The minimum Gasteiger partial charge on any atom is -0.461 e. The van der Waals surface area contributed by atoms with Crippen molar-refractivity contribution in [3.05, 3.63) is 40.2 Å². The quantitative estimate of drug-likeness (QED) is 0.643. The maximum absolute atomic E-state index is 12.4. The van der Waals surface area contributed by atoms with Crippen LogP contribution in [0.15, 0.2) is 18.2 Å². The lowest BCUT2D eigenvalue weighted by Gasteiger charge is -2.10. The van der Waals surface area contributed by atoms with Crippen molar-refractivity contribution in [2.75, 3.05) is 12.9 Å². The van der Waals surface area contributed by atoms with E-state index in [4.69, 9.17) is 26.3 Å². The van der Waals surface area contributed by atoms with Gasteiger partial charge in [0.2, 0.25) is 5.69 Å². The number of hydrogen-bond acceptors (Lipinski definition) is 6. The molecule has 1 aliphatic rings. The van der Waals surface area contributed by atoms with Crippen LogP contribution in [-0.2, 0) is 10.6 Å². The minimum absolute atomic E-state index is 0.170. The Hall–Kier alpha value is -2.17. The highest BCUT2D eigenvalue weighted by atomic mass is 35.5. The smallest absolute Gasteiger partial charge is 0.362 e. The summed E-state index contributed by atoms with van der Waals surface area (Å²) in [4.78, 5) is 12.4. The van der Waals surface area contributed by atoms with Crippen LogP contribution in [0, 0.1) is 11.3 Å². The van der Waals surface area contributed by atoms with Crippen LogP contribution in [0.4, 0.5) is 0 Å². The molecule has 0 radical (unpaired) electrons. The first kappa shape index (κ1) is 18.6. The summed E-state index contributed by atoms with van der Waals surface area (Å²) in [7, 11) is 0. The number of nitrogens with zero attached hydrogens (tertiary/aromatic N) is 3. The van der Waals surface area contributed by atoms with Crippen LogP contribution in [0.3, 0.4) is 0 Å². The van der Waals surface area contributed by atoms with Gasteiger partial charge in [0.15, 0.2) is 5.75 Å². The van der Waals surface area contributed by atoms with Crippen molar-refractivity contribution in [3.8, 4) is 17.6 Å². The van der Waals surface area contributed by atoms with Gasteiger partial charge in [0.25, 0.3) is 0 Å².